The zero-order valence-electron chi connectivity index (χ0n) is 24.7. The molecular formula is C42H32N2. The Kier molecular flexibility index (Phi) is 6.53. The van der Waals surface area contributed by atoms with E-state index in [-0.39, 0.29) is 0 Å². The summed E-state index contributed by atoms with van der Waals surface area (Å²) in [5.74, 6) is 0. The molecule has 1 aliphatic heterocycles. The first kappa shape index (κ1) is 26.2. The van der Waals surface area contributed by atoms with E-state index in [1.807, 2.05) is 18.5 Å². The molecular weight excluding hydrogens is 532 g/mol. The first-order valence-electron chi connectivity index (χ1n) is 15.4. The van der Waals surface area contributed by atoms with E-state index in [1.54, 1.807) is 0 Å². The molecule has 0 saturated heterocycles. The van der Waals surface area contributed by atoms with Gasteiger partial charge in [0.05, 0.1) is 0 Å². The SMILES string of the molecule is CCc1ccc(-c2c3ccccc3c(-c3cccc4c(C5=CCNC(c6cccnc6)=C5)cccc34)c3ccccc23)cc1. The van der Waals surface area contributed by atoms with Crippen molar-refractivity contribution in [3.63, 3.8) is 0 Å². The maximum atomic E-state index is 4.34. The van der Waals surface area contributed by atoms with Crippen LogP contribution >= 0.6 is 0 Å². The van der Waals surface area contributed by atoms with E-state index in [2.05, 4.69) is 145 Å². The Labute approximate surface area is 258 Å². The molecule has 0 bridgehead atoms. The molecule has 210 valence electrons. The van der Waals surface area contributed by atoms with E-state index in [1.165, 1.54) is 71.3 Å². The van der Waals surface area contributed by atoms with Crippen molar-refractivity contribution in [1.29, 1.82) is 0 Å². The lowest BCUT2D eigenvalue weighted by Crippen LogP contribution is -2.16. The summed E-state index contributed by atoms with van der Waals surface area (Å²) in [7, 11) is 0. The average Bonchev–Trinajstić information content (AvgIpc) is 3.10. The van der Waals surface area contributed by atoms with E-state index < -0.39 is 0 Å². The molecule has 0 radical (unpaired) electrons. The van der Waals surface area contributed by atoms with E-state index >= 15 is 0 Å². The van der Waals surface area contributed by atoms with Crippen LogP contribution in [0.25, 0.3) is 65.8 Å². The lowest BCUT2D eigenvalue weighted by Gasteiger charge is -2.20. The van der Waals surface area contributed by atoms with Crippen LogP contribution in [-0.4, -0.2) is 11.5 Å². The standard InChI is InChI=1S/C42H32N2/c1-2-28-19-21-29(22-20-28)41-36-11-3-5-13-38(36)42(39-14-6-4-12-37(39)41)35-18-8-16-33-32(15-7-17-34(33)35)30-23-25-44-40(26-30)31-10-9-24-43-27-31/h3-24,26-27,44H,2,25H2,1H3. The van der Waals surface area contributed by atoms with Gasteiger partial charge in [-0.2, -0.15) is 0 Å². The predicted molar refractivity (Wildman–Crippen MR) is 187 cm³/mol. The van der Waals surface area contributed by atoms with Gasteiger partial charge in [-0.1, -0.05) is 122 Å². The number of aromatic nitrogens is 1. The van der Waals surface area contributed by atoms with Gasteiger partial charge < -0.3 is 5.32 Å². The van der Waals surface area contributed by atoms with Gasteiger partial charge in [-0.3, -0.25) is 4.98 Å². The van der Waals surface area contributed by atoms with Crippen molar-refractivity contribution < 1.29 is 0 Å². The highest BCUT2D eigenvalue weighted by Gasteiger charge is 2.19. The number of pyridine rings is 1. The molecule has 1 N–H and O–H groups in total. The van der Waals surface area contributed by atoms with Crippen molar-refractivity contribution in [1.82, 2.24) is 10.3 Å². The molecule has 2 heteroatoms. The smallest absolute Gasteiger partial charge is 0.0438 e. The molecule has 6 aromatic carbocycles. The molecule has 1 aliphatic rings. The van der Waals surface area contributed by atoms with Gasteiger partial charge in [-0.15, -0.1) is 0 Å². The maximum Gasteiger partial charge on any atom is 0.0438 e. The van der Waals surface area contributed by atoms with Gasteiger partial charge in [0.15, 0.2) is 0 Å². The fourth-order valence-corrected chi connectivity index (χ4v) is 6.85. The third-order valence-electron chi connectivity index (χ3n) is 8.97. The van der Waals surface area contributed by atoms with Crippen molar-refractivity contribution >= 4 is 43.6 Å². The number of allylic oxidation sites excluding steroid dienone is 2. The lowest BCUT2D eigenvalue weighted by atomic mass is 9.84. The van der Waals surface area contributed by atoms with Crippen molar-refractivity contribution in [2.75, 3.05) is 6.54 Å². The summed E-state index contributed by atoms with van der Waals surface area (Å²) in [5.41, 5.74) is 11.1. The largest absolute Gasteiger partial charge is 0.381 e. The van der Waals surface area contributed by atoms with Crippen LogP contribution in [0.4, 0.5) is 0 Å². The van der Waals surface area contributed by atoms with Crippen LogP contribution in [0.3, 0.4) is 0 Å². The van der Waals surface area contributed by atoms with Crippen molar-refractivity contribution in [3.05, 3.63) is 163 Å². The Morgan fingerprint density at radius 3 is 1.82 bits per heavy atom. The lowest BCUT2D eigenvalue weighted by molar-refractivity contribution is 0.996. The van der Waals surface area contributed by atoms with E-state index in [0.29, 0.717) is 0 Å². The van der Waals surface area contributed by atoms with Crippen LogP contribution < -0.4 is 5.32 Å². The quantitative estimate of drug-likeness (QED) is 0.210. The molecule has 2 heterocycles. The second kappa shape index (κ2) is 11.0. The molecule has 7 aromatic rings. The van der Waals surface area contributed by atoms with Gasteiger partial charge in [0.1, 0.15) is 0 Å². The van der Waals surface area contributed by atoms with Crippen LogP contribution in [0, 0.1) is 0 Å². The third-order valence-corrected chi connectivity index (χ3v) is 8.97. The zero-order valence-corrected chi connectivity index (χ0v) is 24.7. The molecule has 0 amide bonds. The fourth-order valence-electron chi connectivity index (χ4n) is 6.85. The minimum atomic E-state index is 0.780. The molecule has 2 nitrogen and oxygen atoms in total. The van der Waals surface area contributed by atoms with Gasteiger partial charge in [-0.05, 0) is 95.9 Å². The summed E-state index contributed by atoms with van der Waals surface area (Å²) < 4.78 is 0. The molecule has 1 aromatic heterocycles. The summed E-state index contributed by atoms with van der Waals surface area (Å²) in [6, 6.07) is 44.6. The summed E-state index contributed by atoms with van der Waals surface area (Å²) >= 11 is 0. The van der Waals surface area contributed by atoms with Crippen LogP contribution in [0.5, 0.6) is 0 Å². The van der Waals surface area contributed by atoms with Crippen LogP contribution in [0.1, 0.15) is 23.6 Å². The highest BCUT2D eigenvalue weighted by molar-refractivity contribution is 6.23. The summed E-state index contributed by atoms with van der Waals surface area (Å²) in [4.78, 5) is 4.34. The summed E-state index contributed by atoms with van der Waals surface area (Å²) in [6.45, 7) is 2.99. The zero-order chi connectivity index (χ0) is 29.5. The second-order valence-corrected chi connectivity index (χ2v) is 11.4. The number of benzene rings is 6. The number of rotatable bonds is 5. The Hall–Kier alpha value is -5.47. The normalized spacial score (nSPS) is 13.1. The molecule has 8 rings (SSSR count). The fraction of sp³-hybridized carbons (Fsp3) is 0.0714. The van der Waals surface area contributed by atoms with Gasteiger partial charge in [0.2, 0.25) is 0 Å². The highest BCUT2D eigenvalue weighted by Crippen LogP contribution is 2.45. The van der Waals surface area contributed by atoms with Crippen LogP contribution in [0.2, 0.25) is 0 Å². The highest BCUT2D eigenvalue weighted by atomic mass is 14.9. The Bertz CT molecular complexity index is 2180. The maximum absolute atomic E-state index is 4.34. The summed E-state index contributed by atoms with van der Waals surface area (Å²) in [5, 5.41) is 11.2. The number of hydrogen-bond donors (Lipinski definition) is 1. The number of nitrogens with one attached hydrogen (secondary N) is 1. The molecule has 0 spiro atoms. The number of fused-ring (bicyclic) bond motifs is 3. The molecule has 0 unspecified atom stereocenters. The minimum Gasteiger partial charge on any atom is -0.381 e. The van der Waals surface area contributed by atoms with Crippen molar-refractivity contribution in [2.24, 2.45) is 0 Å². The number of nitrogens with zero attached hydrogens (tertiary/aromatic N) is 1. The van der Waals surface area contributed by atoms with E-state index in [9.17, 15) is 0 Å². The van der Waals surface area contributed by atoms with Gasteiger partial charge in [-0.25, -0.2) is 0 Å². The van der Waals surface area contributed by atoms with Crippen molar-refractivity contribution in [2.45, 2.75) is 13.3 Å². The molecule has 0 atom stereocenters. The summed E-state index contributed by atoms with van der Waals surface area (Å²) in [6.07, 6.45) is 9.31. The van der Waals surface area contributed by atoms with Gasteiger partial charge in [0.25, 0.3) is 0 Å². The predicted octanol–water partition coefficient (Wildman–Crippen LogP) is 10.5. The molecule has 0 aliphatic carbocycles. The van der Waals surface area contributed by atoms with Crippen molar-refractivity contribution in [3.8, 4) is 22.3 Å². The Morgan fingerprint density at radius 1 is 0.568 bits per heavy atom. The third kappa shape index (κ3) is 4.39. The second-order valence-electron chi connectivity index (χ2n) is 11.4. The van der Waals surface area contributed by atoms with E-state index in [4.69, 9.17) is 0 Å². The first-order valence-corrected chi connectivity index (χ1v) is 15.4. The first-order chi connectivity index (χ1) is 21.8. The van der Waals surface area contributed by atoms with E-state index in [0.717, 1.165) is 24.2 Å². The topological polar surface area (TPSA) is 24.9 Å². The Balaban J connectivity index is 1.37. The van der Waals surface area contributed by atoms with Crippen LogP contribution in [0.15, 0.2) is 146 Å². The van der Waals surface area contributed by atoms with Gasteiger partial charge >= 0.3 is 0 Å². The number of aryl methyl sites for hydroxylation is 1. The minimum absolute atomic E-state index is 0.780. The molecule has 44 heavy (non-hydrogen) atoms. The van der Waals surface area contributed by atoms with Gasteiger partial charge in [0, 0.05) is 30.2 Å². The monoisotopic (exact) mass is 564 g/mol. The Morgan fingerprint density at radius 2 is 1.18 bits per heavy atom. The van der Waals surface area contributed by atoms with Crippen LogP contribution in [-0.2, 0) is 6.42 Å². The molecule has 0 fully saturated rings. The molecule has 0 saturated carbocycles. The average molecular weight is 565 g/mol. The number of hydrogen-bond acceptors (Lipinski definition) is 2. The number of dihydropyridines is 1.